The molecule has 0 spiro atoms. The minimum atomic E-state index is 0.0776. The minimum absolute atomic E-state index is 0.0776. The first kappa shape index (κ1) is 23.1. The second-order valence-corrected chi connectivity index (χ2v) is 12.3. The third-order valence-electron chi connectivity index (χ3n) is 10.8. The molecule has 7 nitrogen and oxygen atoms in total. The monoisotopic (exact) mass is 499 g/mol. The summed E-state index contributed by atoms with van der Waals surface area (Å²) < 4.78 is 7.74. The topological polar surface area (TPSA) is 84.8 Å². The Balaban J connectivity index is 1.07. The van der Waals surface area contributed by atoms with Crippen molar-refractivity contribution in [2.75, 3.05) is 7.11 Å². The molecule has 2 aromatic heterocycles. The molecule has 0 saturated heterocycles. The second kappa shape index (κ2) is 8.20. The van der Waals surface area contributed by atoms with Crippen LogP contribution in [0.4, 0.5) is 0 Å². The zero-order valence-electron chi connectivity index (χ0n) is 22.0. The van der Waals surface area contributed by atoms with Crippen molar-refractivity contribution in [2.45, 2.75) is 65.0 Å². The third kappa shape index (κ3) is 3.35. The van der Waals surface area contributed by atoms with Crippen molar-refractivity contribution in [3.63, 3.8) is 0 Å². The number of imidazole rings is 2. The maximum absolute atomic E-state index is 13.6. The van der Waals surface area contributed by atoms with Crippen LogP contribution < -0.4 is 10.1 Å². The maximum atomic E-state index is 13.6. The Morgan fingerprint density at radius 3 is 2.95 bits per heavy atom. The van der Waals surface area contributed by atoms with E-state index in [1.165, 1.54) is 25.7 Å². The molecule has 0 radical (unpaired) electrons. The summed E-state index contributed by atoms with van der Waals surface area (Å²) in [6.07, 6.45) is 15.8. The zero-order valence-corrected chi connectivity index (χ0v) is 22.0. The Morgan fingerprint density at radius 2 is 2.08 bits per heavy atom. The van der Waals surface area contributed by atoms with Crippen LogP contribution in [0.5, 0.6) is 5.75 Å². The standard InChI is InChI=1S/C30H37N5O2/c1-29-12-10-21-19(5-9-25-30(21,2)13-11-27-31-14-15-35(25)27)20(29)6-7-22(29)28(36)32-17-26-33-23-8-4-18(37-3)16-24(23)34-26/h4,8,11,13-16,19-22,25H,5-7,9-10,12,17H2,1-3H3,(H,32,36)(H,33,34)/t19-,20-,21-,22+,25?,29-,30+/m0/s1. The van der Waals surface area contributed by atoms with Crippen LogP contribution in [0.3, 0.4) is 0 Å². The van der Waals surface area contributed by atoms with Gasteiger partial charge in [0.25, 0.3) is 0 Å². The summed E-state index contributed by atoms with van der Waals surface area (Å²) in [5, 5.41) is 3.24. The fourth-order valence-corrected chi connectivity index (χ4v) is 8.99. The van der Waals surface area contributed by atoms with E-state index in [1.54, 1.807) is 7.11 Å². The zero-order chi connectivity index (χ0) is 25.4. The van der Waals surface area contributed by atoms with Gasteiger partial charge in [0.1, 0.15) is 17.4 Å². The second-order valence-electron chi connectivity index (χ2n) is 12.3. The number of carbonyl (C=O) groups excluding carboxylic acids is 1. The van der Waals surface area contributed by atoms with Crippen LogP contribution in [0.1, 0.15) is 70.1 Å². The Kier molecular flexibility index (Phi) is 5.11. The Bertz CT molecular complexity index is 1390. The van der Waals surface area contributed by atoms with E-state index < -0.39 is 0 Å². The van der Waals surface area contributed by atoms with Crippen molar-refractivity contribution < 1.29 is 9.53 Å². The van der Waals surface area contributed by atoms with Gasteiger partial charge in [0.2, 0.25) is 5.91 Å². The summed E-state index contributed by atoms with van der Waals surface area (Å²) in [5.74, 6) is 4.94. The van der Waals surface area contributed by atoms with E-state index in [2.05, 4.69) is 57.0 Å². The largest absolute Gasteiger partial charge is 0.497 e. The van der Waals surface area contributed by atoms with E-state index in [0.29, 0.717) is 30.3 Å². The number of allylic oxidation sites excluding steroid dienone is 1. The molecule has 7 rings (SSSR count). The van der Waals surface area contributed by atoms with Gasteiger partial charge in [-0.25, -0.2) is 9.97 Å². The lowest BCUT2D eigenvalue weighted by molar-refractivity contribution is -0.133. The molecule has 194 valence electrons. The quantitative estimate of drug-likeness (QED) is 0.496. The third-order valence-corrected chi connectivity index (χ3v) is 10.8. The van der Waals surface area contributed by atoms with Gasteiger partial charge in [0.05, 0.1) is 24.7 Å². The molecule has 4 aliphatic rings. The average Bonchev–Trinajstić information content (AvgIpc) is 3.62. The lowest BCUT2D eigenvalue weighted by Crippen LogP contribution is -2.53. The molecule has 1 aliphatic heterocycles. The van der Waals surface area contributed by atoms with Crippen molar-refractivity contribution in [2.24, 2.45) is 34.5 Å². The Morgan fingerprint density at radius 1 is 1.19 bits per heavy atom. The molecule has 7 heteroatoms. The first-order valence-electron chi connectivity index (χ1n) is 13.9. The van der Waals surface area contributed by atoms with Gasteiger partial charge in [-0.2, -0.15) is 0 Å². The number of nitrogens with zero attached hydrogens (tertiary/aromatic N) is 3. The van der Waals surface area contributed by atoms with Crippen LogP contribution in [0, 0.1) is 34.5 Å². The molecule has 3 aliphatic carbocycles. The molecule has 3 saturated carbocycles. The number of hydrogen-bond acceptors (Lipinski definition) is 4. The number of amides is 1. The lowest BCUT2D eigenvalue weighted by Gasteiger charge is -2.59. The van der Waals surface area contributed by atoms with Crippen molar-refractivity contribution in [1.82, 2.24) is 24.8 Å². The smallest absolute Gasteiger partial charge is 0.224 e. The van der Waals surface area contributed by atoms with Crippen LogP contribution in [0.25, 0.3) is 17.1 Å². The number of methoxy groups -OCH3 is 1. The van der Waals surface area contributed by atoms with Gasteiger partial charge in [0.15, 0.2) is 0 Å². The molecule has 37 heavy (non-hydrogen) atoms. The highest BCUT2D eigenvalue weighted by Crippen LogP contribution is 2.67. The Labute approximate surface area is 218 Å². The highest BCUT2D eigenvalue weighted by molar-refractivity contribution is 5.80. The van der Waals surface area contributed by atoms with Crippen LogP contribution in [0.2, 0.25) is 0 Å². The fraction of sp³-hybridized carbons (Fsp3) is 0.567. The first-order valence-corrected chi connectivity index (χ1v) is 13.9. The van der Waals surface area contributed by atoms with Crippen molar-refractivity contribution in [1.29, 1.82) is 0 Å². The van der Waals surface area contributed by atoms with Gasteiger partial charge in [-0.1, -0.05) is 19.9 Å². The summed E-state index contributed by atoms with van der Waals surface area (Å²) in [6.45, 7) is 5.33. The lowest BCUT2D eigenvalue weighted by atomic mass is 9.48. The summed E-state index contributed by atoms with van der Waals surface area (Å²) in [5.41, 5.74) is 2.06. The van der Waals surface area contributed by atoms with Gasteiger partial charge < -0.3 is 19.6 Å². The molecule has 1 unspecified atom stereocenters. The number of ether oxygens (including phenoxy) is 1. The first-order chi connectivity index (χ1) is 17.9. The van der Waals surface area contributed by atoms with E-state index in [1.807, 2.05) is 24.4 Å². The van der Waals surface area contributed by atoms with E-state index in [0.717, 1.165) is 41.3 Å². The minimum Gasteiger partial charge on any atom is -0.497 e. The summed E-state index contributed by atoms with van der Waals surface area (Å²) >= 11 is 0. The molecular weight excluding hydrogens is 462 g/mol. The number of nitrogens with one attached hydrogen (secondary N) is 2. The highest BCUT2D eigenvalue weighted by Gasteiger charge is 2.61. The molecule has 3 fully saturated rings. The fourth-order valence-electron chi connectivity index (χ4n) is 8.99. The number of benzene rings is 1. The van der Waals surface area contributed by atoms with Gasteiger partial charge >= 0.3 is 0 Å². The van der Waals surface area contributed by atoms with Gasteiger partial charge in [-0.3, -0.25) is 4.79 Å². The predicted octanol–water partition coefficient (Wildman–Crippen LogP) is 5.51. The van der Waals surface area contributed by atoms with Crippen molar-refractivity contribution >= 4 is 23.0 Å². The SMILES string of the molecule is COc1ccc2nc(CNC(=O)[C@H]3CC[C@H]4[C@@H]5CCC6n7ccnc7C=C[C@]6(C)[C@H]5CC[C@]34C)[nH]c2c1. The predicted molar refractivity (Wildman–Crippen MR) is 143 cm³/mol. The average molecular weight is 500 g/mol. The number of hydrogen-bond donors (Lipinski definition) is 2. The van der Waals surface area contributed by atoms with E-state index >= 15 is 0 Å². The van der Waals surface area contributed by atoms with Crippen LogP contribution in [-0.2, 0) is 11.3 Å². The van der Waals surface area contributed by atoms with Gasteiger partial charge in [-0.15, -0.1) is 0 Å². The molecule has 2 N–H and O–H groups in total. The van der Waals surface area contributed by atoms with Gasteiger partial charge in [-0.05, 0) is 79.9 Å². The number of carbonyl (C=O) groups is 1. The molecule has 0 bridgehead atoms. The number of fused-ring (bicyclic) bond motifs is 8. The van der Waals surface area contributed by atoms with E-state index in [9.17, 15) is 4.79 Å². The number of rotatable bonds is 4. The number of H-pyrrole nitrogens is 1. The maximum Gasteiger partial charge on any atom is 0.224 e. The number of aromatic nitrogens is 4. The number of aromatic amines is 1. The summed E-state index contributed by atoms with van der Waals surface area (Å²) in [7, 11) is 1.66. The summed E-state index contributed by atoms with van der Waals surface area (Å²) in [4.78, 5) is 26.1. The Hall–Kier alpha value is -3.09. The molecule has 7 atom stereocenters. The van der Waals surface area contributed by atoms with Crippen LogP contribution in [-0.4, -0.2) is 32.5 Å². The van der Waals surface area contributed by atoms with Gasteiger partial charge in [0, 0.05) is 35.8 Å². The highest BCUT2D eigenvalue weighted by atomic mass is 16.5. The van der Waals surface area contributed by atoms with Crippen LogP contribution >= 0.6 is 0 Å². The molecule has 3 heterocycles. The van der Waals surface area contributed by atoms with E-state index in [-0.39, 0.29) is 22.7 Å². The normalized spacial score (nSPS) is 35.9. The van der Waals surface area contributed by atoms with Crippen molar-refractivity contribution in [3.8, 4) is 5.75 Å². The molecular formula is C30H37N5O2. The molecule has 1 aromatic carbocycles. The molecule has 3 aromatic rings. The van der Waals surface area contributed by atoms with E-state index in [4.69, 9.17) is 4.74 Å². The summed E-state index contributed by atoms with van der Waals surface area (Å²) in [6, 6.07) is 6.30. The molecule has 1 amide bonds. The van der Waals surface area contributed by atoms with Crippen molar-refractivity contribution in [3.05, 3.63) is 48.3 Å². The van der Waals surface area contributed by atoms with Crippen LogP contribution in [0.15, 0.2) is 36.7 Å².